The highest BCUT2D eigenvalue weighted by molar-refractivity contribution is 4.88. The average Bonchev–Trinajstić information content (AvgIpc) is 2.43. The minimum absolute atomic E-state index is 0.0370. The van der Waals surface area contributed by atoms with Gasteiger partial charge < -0.3 is 19.7 Å². The number of azide groups is 1. The SMILES string of the molecule is CCO[C@H]1[C@@H](CN=[N+]=[N-])OC(O)[C@@H]1O. The van der Waals surface area contributed by atoms with Crippen molar-refractivity contribution in [2.45, 2.75) is 31.5 Å². The van der Waals surface area contributed by atoms with E-state index in [0.717, 1.165) is 0 Å². The summed E-state index contributed by atoms with van der Waals surface area (Å²) in [6, 6.07) is 0. The lowest BCUT2D eigenvalue weighted by Crippen LogP contribution is -2.36. The zero-order valence-corrected chi connectivity index (χ0v) is 7.78. The van der Waals surface area contributed by atoms with Gasteiger partial charge in [-0.25, -0.2) is 0 Å². The summed E-state index contributed by atoms with van der Waals surface area (Å²) in [7, 11) is 0. The van der Waals surface area contributed by atoms with Crippen LogP contribution < -0.4 is 0 Å². The molecule has 80 valence electrons. The molecule has 0 aromatic carbocycles. The van der Waals surface area contributed by atoms with Crippen molar-refractivity contribution in [1.82, 2.24) is 0 Å². The standard InChI is InChI=1S/C7H13N3O4/c1-2-13-6-4(3-9-10-8)14-7(12)5(6)11/h4-7,11-12H,2-3H2,1H3/t4-,5-,6+,7?/m1/s1. The van der Waals surface area contributed by atoms with Gasteiger partial charge in [-0.15, -0.1) is 0 Å². The molecule has 1 fully saturated rings. The molecule has 7 nitrogen and oxygen atoms in total. The van der Waals surface area contributed by atoms with E-state index in [1.54, 1.807) is 6.92 Å². The lowest BCUT2D eigenvalue weighted by molar-refractivity contribution is -0.125. The number of rotatable bonds is 4. The van der Waals surface area contributed by atoms with Crippen molar-refractivity contribution < 1.29 is 19.7 Å². The van der Waals surface area contributed by atoms with Crippen LogP contribution in [0.2, 0.25) is 0 Å². The van der Waals surface area contributed by atoms with Gasteiger partial charge >= 0.3 is 0 Å². The molecular weight excluding hydrogens is 190 g/mol. The first kappa shape index (κ1) is 11.2. The monoisotopic (exact) mass is 203 g/mol. The highest BCUT2D eigenvalue weighted by Gasteiger charge is 2.42. The summed E-state index contributed by atoms with van der Waals surface area (Å²) in [4.78, 5) is 2.57. The van der Waals surface area contributed by atoms with Crippen LogP contribution in [-0.2, 0) is 9.47 Å². The Morgan fingerprint density at radius 2 is 2.29 bits per heavy atom. The van der Waals surface area contributed by atoms with Crippen LogP contribution in [0.3, 0.4) is 0 Å². The van der Waals surface area contributed by atoms with Crippen molar-refractivity contribution >= 4 is 0 Å². The number of nitrogens with zero attached hydrogens (tertiary/aromatic N) is 3. The van der Waals surface area contributed by atoms with E-state index in [1.165, 1.54) is 0 Å². The smallest absolute Gasteiger partial charge is 0.183 e. The van der Waals surface area contributed by atoms with Crippen molar-refractivity contribution in [1.29, 1.82) is 0 Å². The zero-order valence-electron chi connectivity index (χ0n) is 7.78. The Morgan fingerprint density at radius 1 is 1.57 bits per heavy atom. The Hall–Kier alpha value is -0.850. The fraction of sp³-hybridized carbons (Fsp3) is 1.00. The number of hydrogen-bond acceptors (Lipinski definition) is 5. The molecule has 0 aliphatic carbocycles. The summed E-state index contributed by atoms with van der Waals surface area (Å²) in [6.45, 7) is 2.20. The van der Waals surface area contributed by atoms with Crippen LogP contribution in [0.4, 0.5) is 0 Å². The lowest BCUT2D eigenvalue weighted by Gasteiger charge is -2.17. The van der Waals surface area contributed by atoms with Gasteiger partial charge in [-0.3, -0.25) is 0 Å². The van der Waals surface area contributed by atoms with E-state index in [9.17, 15) is 10.2 Å². The third-order valence-electron chi connectivity index (χ3n) is 1.99. The van der Waals surface area contributed by atoms with E-state index in [1.807, 2.05) is 0 Å². The maximum atomic E-state index is 9.42. The first-order chi connectivity index (χ1) is 6.70. The Kier molecular flexibility index (Phi) is 4.12. The molecule has 0 spiro atoms. The quantitative estimate of drug-likeness (QED) is 0.374. The highest BCUT2D eigenvalue weighted by Crippen LogP contribution is 2.22. The van der Waals surface area contributed by atoms with E-state index in [-0.39, 0.29) is 6.54 Å². The van der Waals surface area contributed by atoms with Crippen molar-refractivity contribution in [3.63, 3.8) is 0 Å². The third kappa shape index (κ3) is 2.34. The predicted molar refractivity (Wildman–Crippen MR) is 46.3 cm³/mol. The summed E-state index contributed by atoms with van der Waals surface area (Å²) in [5.74, 6) is 0. The molecule has 4 atom stereocenters. The van der Waals surface area contributed by atoms with Gasteiger partial charge in [0.05, 0.1) is 12.6 Å². The van der Waals surface area contributed by atoms with Crippen LogP contribution in [0.15, 0.2) is 5.11 Å². The maximum Gasteiger partial charge on any atom is 0.183 e. The minimum atomic E-state index is -1.27. The van der Waals surface area contributed by atoms with Crippen molar-refractivity contribution in [3.8, 4) is 0 Å². The largest absolute Gasteiger partial charge is 0.385 e. The van der Waals surface area contributed by atoms with Gasteiger partial charge in [-0.2, -0.15) is 0 Å². The molecule has 0 bridgehead atoms. The Labute approximate surface area is 80.9 Å². The van der Waals surface area contributed by atoms with Crippen molar-refractivity contribution in [2.24, 2.45) is 5.11 Å². The lowest BCUT2D eigenvalue weighted by atomic mass is 10.1. The van der Waals surface area contributed by atoms with Crippen molar-refractivity contribution in [2.75, 3.05) is 13.2 Å². The van der Waals surface area contributed by atoms with Crippen LogP contribution >= 0.6 is 0 Å². The molecule has 0 aromatic rings. The van der Waals surface area contributed by atoms with Crippen LogP contribution in [-0.4, -0.2) is 48.0 Å². The number of aliphatic hydroxyl groups is 2. The van der Waals surface area contributed by atoms with E-state index < -0.39 is 24.6 Å². The summed E-state index contributed by atoms with van der Waals surface area (Å²) in [5.41, 5.74) is 8.11. The van der Waals surface area contributed by atoms with Gasteiger partial charge in [0.15, 0.2) is 6.29 Å². The molecule has 7 heteroatoms. The predicted octanol–water partition coefficient (Wildman–Crippen LogP) is -0.220. The number of ether oxygens (including phenoxy) is 2. The zero-order chi connectivity index (χ0) is 10.6. The normalized spacial score (nSPS) is 36.8. The van der Waals surface area contributed by atoms with Gasteiger partial charge in [0.2, 0.25) is 0 Å². The second-order valence-electron chi connectivity index (χ2n) is 2.89. The van der Waals surface area contributed by atoms with Crippen LogP contribution in [0.25, 0.3) is 10.4 Å². The second-order valence-corrected chi connectivity index (χ2v) is 2.89. The van der Waals surface area contributed by atoms with Gasteiger partial charge in [0.25, 0.3) is 0 Å². The number of hydrogen-bond donors (Lipinski definition) is 2. The van der Waals surface area contributed by atoms with Crippen LogP contribution in [0, 0.1) is 0 Å². The summed E-state index contributed by atoms with van der Waals surface area (Å²) in [5, 5.41) is 21.9. The molecule has 1 rings (SSSR count). The molecule has 1 aliphatic heterocycles. The minimum Gasteiger partial charge on any atom is -0.385 e. The molecule has 2 N–H and O–H groups in total. The molecule has 1 unspecified atom stereocenters. The van der Waals surface area contributed by atoms with Gasteiger partial charge in [0, 0.05) is 11.5 Å². The first-order valence-corrected chi connectivity index (χ1v) is 4.34. The van der Waals surface area contributed by atoms with Crippen LogP contribution in [0.5, 0.6) is 0 Å². The topological polar surface area (TPSA) is 108 Å². The molecular formula is C7H13N3O4. The summed E-state index contributed by atoms with van der Waals surface area (Å²) < 4.78 is 10.1. The fourth-order valence-electron chi connectivity index (χ4n) is 1.38. The fourth-order valence-corrected chi connectivity index (χ4v) is 1.38. The van der Waals surface area contributed by atoms with Crippen molar-refractivity contribution in [3.05, 3.63) is 10.4 Å². The highest BCUT2D eigenvalue weighted by atomic mass is 16.7. The Bertz CT molecular complexity index is 231. The van der Waals surface area contributed by atoms with Gasteiger partial charge in [-0.1, -0.05) is 5.11 Å². The third-order valence-corrected chi connectivity index (χ3v) is 1.99. The van der Waals surface area contributed by atoms with Gasteiger partial charge in [0.1, 0.15) is 12.2 Å². The first-order valence-electron chi connectivity index (χ1n) is 4.34. The maximum absolute atomic E-state index is 9.42. The number of aliphatic hydroxyl groups excluding tert-OH is 2. The molecule has 0 amide bonds. The van der Waals surface area contributed by atoms with E-state index in [2.05, 4.69) is 10.0 Å². The summed E-state index contributed by atoms with van der Waals surface area (Å²) >= 11 is 0. The molecule has 1 heterocycles. The Balaban J connectivity index is 2.59. The molecule has 0 radical (unpaired) electrons. The molecule has 0 aromatic heterocycles. The molecule has 14 heavy (non-hydrogen) atoms. The molecule has 1 aliphatic rings. The van der Waals surface area contributed by atoms with Gasteiger partial charge in [-0.05, 0) is 12.5 Å². The van der Waals surface area contributed by atoms with E-state index in [4.69, 9.17) is 15.0 Å². The van der Waals surface area contributed by atoms with Crippen LogP contribution in [0.1, 0.15) is 6.92 Å². The molecule has 0 saturated carbocycles. The van der Waals surface area contributed by atoms with E-state index >= 15 is 0 Å². The second kappa shape index (κ2) is 5.14. The molecule has 1 saturated heterocycles. The average molecular weight is 203 g/mol. The van der Waals surface area contributed by atoms with E-state index in [0.29, 0.717) is 6.61 Å². The summed E-state index contributed by atoms with van der Waals surface area (Å²) in [6.07, 6.45) is -3.59. The Morgan fingerprint density at radius 3 is 2.86 bits per heavy atom.